The van der Waals surface area contributed by atoms with Crippen molar-refractivity contribution >= 4 is 23.5 Å². The third-order valence-corrected chi connectivity index (χ3v) is 3.46. The lowest BCUT2D eigenvalue weighted by Gasteiger charge is -2.32. The standard InChI is InChI=1S/C14H16ClNO5/c1-9-6-10(15)2-3-12(9)21-8-13(17)16-4-5-20-7-11(16)14(18)19/h2-3,6,11H,4-5,7-8H2,1H3,(H,18,19). The molecule has 1 N–H and O–H groups in total. The van der Waals surface area contributed by atoms with Gasteiger partial charge in [-0.15, -0.1) is 0 Å². The van der Waals surface area contributed by atoms with Crippen molar-refractivity contribution in [2.75, 3.05) is 26.4 Å². The number of carboxylic acid groups (broad SMARTS) is 1. The third kappa shape index (κ3) is 3.86. The SMILES string of the molecule is Cc1cc(Cl)ccc1OCC(=O)N1CCOCC1C(=O)O. The zero-order valence-electron chi connectivity index (χ0n) is 11.5. The molecule has 1 aromatic carbocycles. The fraction of sp³-hybridized carbons (Fsp3) is 0.429. The van der Waals surface area contributed by atoms with Gasteiger partial charge >= 0.3 is 5.97 Å². The van der Waals surface area contributed by atoms with Gasteiger partial charge < -0.3 is 19.5 Å². The van der Waals surface area contributed by atoms with E-state index in [0.717, 1.165) is 5.56 Å². The highest BCUT2D eigenvalue weighted by Crippen LogP contribution is 2.22. The maximum absolute atomic E-state index is 12.1. The van der Waals surface area contributed by atoms with Crippen molar-refractivity contribution < 1.29 is 24.2 Å². The number of amides is 1. The van der Waals surface area contributed by atoms with Crippen molar-refractivity contribution in [1.82, 2.24) is 4.90 Å². The molecule has 0 bridgehead atoms. The molecule has 1 saturated heterocycles. The molecular weight excluding hydrogens is 298 g/mol. The lowest BCUT2D eigenvalue weighted by atomic mass is 10.2. The Balaban J connectivity index is 1.98. The molecule has 0 aliphatic carbocycles. The molecule has 7 heteroatoms. The lowest BCUT2D eigenvalue weighted by Crippen LogP contribution is -2.53. The first kappa shape index (κ1) is 15.6. The van der Waals surface area contributed by atoms with Crippen LogP contribution in [0.15, 0.2) is 18.2 Å². The topological polar surface area (TPSA) is 76.1 Å². The van der Waals surface area contributed by atoms with Gasteiger partial charge in [-0.1, -0.05) is 11.6 Å². The van der Waals surface area contributed by atoms with Gasteiger partial charge in [-0.3, -0.25) is 4.79 Å². The van der Waals surface area contributed by atoms with Gasteiger partial charge in [0.2, 0.25) is 0 Å². The van der Waals surface area contributed by atoms with E-state index in [0.29, 0.717) is 17.4 Å². The van der Waals surface area contributed by atoms with Crippen LogP contribution in [0.3, 0.4) is 0 Å². The summed E-state index contributed by atoms with van der Waals surface area (Å²) < 4.78 is 10.5. The van der Waals surface area contributed by atoms with E-state index in [9.17, 15) is 9.59 Å². The molecule has 2 rings (SSSR count). The van der Waals surface area contributed by atoms with E-state index in [1.807, 2.05) is 6.92 Å². The van der Waals surface area contributed by atoms with E-state index in [1.54, 1.807) is 18.2 Å². The number of carbonyl (C=O) groups is 2. The number of morpholine rings is 1. The van der Waals surface area contributed by atoms with Gasteiger partial charge in [-0.25, -0.2) is 4.79 Å². The van der Waals surface area contributed by atoms with Crippen molar-refractivity contribution in [3.63, 3.8) is 0 Å². The zero-order chi connectivity index (χ0) is 15.4. The number of aliphatic carboxylic acids is 1. The molecule has 0 radical (unpaired) electrons. The number of aryl methyl sites for hydroxylation is 1. The average molecular weight is 314 g/mol. The maximum atomic E-state index is 12.1. The van der Waals surface area contributed by atoms with Gasteiger partial charge in [0, 0.05) is 11.6 Å². The predicted octanol–water partition coefficient (Wildman–Crippen LogP) is 1.34. The van der Waals surface area contributed by atoms with Gasteiger partial charge in [-0.05, 0) is 30.7 Å². The highest BCUT2D eigenvalue weighted by atomic mass is 35.5. The molecule has 0 aromatic heterocycles. The summed E-state index contributed by atoms with van der Waals surface area (Å²) in [6, 6.07) is 4.12. The second-order valence-corrected chi connectivity index (χ2v) is 5.15. The Morgan fingerprint density at radius 1 is 1.52 bits per heavy atom. The minimum atomic E-state index is -1.08. The summed E-state index contributed by atoms with van der Waals surface area (Å²) in [4.78, 5) is 24.5. The number of ether oxygens (including phenoxy) is 2. The fourth-order valence-electron chi connectivity index (χ4n) is 2.10. The largest absolute Gasteiger partial charge is 0.483 e. The molecular formula is C14H16ClNO5. The quantitative estimate of drug-likeness (QED) is 0.908. The summed E-state index contributed by atoms with van der Waals surface area (Å²) in [6.07, 6.45) is 0. The van der Waals surface area contributed by atoms with Gasteiger partial charge in [0.15, 0.2) is 12.6 Å². The minimum absolute atomic E-state index is 0.00104. The second-order valence-electron chi connectivity index (χ2n) is 4.71. The Kier molecular flexibility index (Phi) is 5.03. The molecule has 1 heterocycles. The molecule has 114 valence electrons. The molecule has 6 nitrogen and oxygen atoms in total. The van der Waals surface area contributed by atoms with Crippen LogP contribution < -0.4 is 4.74 Å². The van der Waals surface area contributed by atoms with E-state index in [1.165, 1.54) is 4.90 Å². The van der Waals surface area contributed by atoms with E-state index in [-0.39, 0.29) is 25.7 Å². The predicted molar refractivity (Wildman–Crippen MR) is 75.6 cm³/mol. The molecule has 1 aliphatic rings. The highest BCUT2D eigenvalue weighted by molar-refractivity contribution is 6.30. The van der Waals surface area contributed by atoms with Crippen LogP contribution in [0.5, 0.6) is 5.75 Å². The minimum Gasteiger partial charge on any atom is -0.483 e. The lowest BCUT2D eigenvalue weighted by molar-refractivity contribution is -0.159. The second kappa shape index (κ2) is 6.78. The van der Waals surface area contributed by atoms with Crippen molar-refractivity contribution in [2.45, 2.75) is 13.0 Å². The van der Waals surface area contributed by atoms with Crippen LogP contribution in [-0.4, -0.2) is 54.3 Å². The number of rotatable bonds is 4. The molecule has 21 heavy (non-hydrogen) atoms. The Bertz CT molecular complexity index is 548. The van der Waals surface area contributed by atoms with Crippen molar-refractivity contribution in [3.05, 3.63) is 28.8 Å². The normalized spacial score (nSPS) is 18.4. The van der Waals surface area contributed by atoms with Crippen LogP contribution in [0.25, 0.3) is 0 Å². The van der Waals surface area contributed by atoms with Crippen molar-refractivity contribution in [1.29, 1.82) is 0 Å². The fourth-order valence-corrected chi connectivity index (χ4v) is 2.33. The number of carboxylic acids is 1. The van der Waals surface area contributed by atoms with Crippen molar-refractivity contribution in [2.24, 2.45) is 0 Å². The van der Waals surface area contributed by atoms with E-state index in [2.05, 4.69) is 0 Å². The smallest absolute Gasteiger partial charge is 0.328 e. The number of halogens is 1. The summed E-state index contributed by atoms with van der Waals surface area (Å²) in [5.41, 5.74) is 0.812. The van der Waals surface area contributed by atoms with Gasteiger partial charge in [-0.2, -0.15) is 0 Å². The number of benzene rings is 1. The van der Waals surface area contributed by atoms with Crippen LogP contribution in [0.4, 0.5) is 0 Å². The Labute approximate surface area is 127 Å². The summed E-state index contributed by atoms with van der Waals surface area (Å²) in [6.45, 7) is 2.18. The van der Waals surface area contributed by atoms with Crippen LogP contribution in [0.2, 0.25) is 5.02 Å². The summed E-state index contributed by atoms with van der Waals surface area (Å²) in [5.74, 6) is -0.904. The Morgan fingerprint density at radius 2 is 2.29 bits per heavy atom. The average Bonchev–Trinajstić information content (AvgIpc) is 2.46. The van der Waals surface area contributed by atoms with Gasteiger partial charge in [0.1, 0.15) is 5.75 Å². The first-order valence-electron chi connectivity index (χ1n) is 6.48. The van der Waals surface area contributed by atoms with Crippen LogP contribution >= 0.6 is 11.6 Å². The Hall–Kier alpha value is -1.79. The Morgan fingerprint density at radius 3 is 2.95 bits per heavy atom. The molecule has 1 aliphatic heterocycles. The third-order valence-electron chi connectivity index (χ3n) is 3.22. The molecule has 1 amide bonds. The molecule has 1 unspecified atom stereocenters. The molecule has 0 spiro atoms. The number of hydrogen-bond acceptors (Lipinski definition) is 4. The number of carbonyl (C=O) groups excluding carboxylic acids is 1. The summed E-state index contributed by atoms with van der Waals surface area (Å²) in [5, 5.41) is 9.68. The van der Waals surface area contributed by atoms with Crippen LogP contribution in [0, 0.1) is 6.92 Å². The highest BCUT2D eigenvalue weighted by Gasteiger charge is 2.32. The number of hydrogen-bond donors (Lipinski definition) is 1. The van der Waals surface area contributed by atoms with Crippen molar-refractivity contribution in [3.8, 4) is 5.75 Å². The van der Waals surface area contributed by atoms with E-state index >= 15 is 0 Å². The van der Waals surface area contributed by atoms with Gasteiger partial charge in [0.05, 0.1) is 13.2 Å². The maximum Gasteiger partial charge on any atom is 0.328 e. The molecule has 1 atom stereocenters. The summed E-state index contributed by atoms with van der Waals surface area (Å²) in [7, 11) is 0. The van der Waals surface area contributed by atoms with E-state index < -0.39 is 12.0 Å². The first-order valence-corrected chi connectivity index (χ1v) is 6.86. The molecule has 0 saturated carbocycles. The first-order chi connectivity index (χ1) is 9.99. The van der Waals surface area contributed by atoms with Gasteiger partial charge in [0.25, 0.3) is 5.91 Å². The van der Waals surface area contributed by atoms with E-state index in [4.69, 9.17) is 26.2 Å². The zero-order valence-corrected chi connectivity index (χ0v) is 12.3. The number of nitrogens with zero attached hydrogens (tertiary/aromatic N) is 1. The molecule has 1 aromatic rings. The van der Waals surface area contributed by atoms with Crippen LogP contribution in [-0.2, 0) is 14.3 Å². The monoisotopic (exact) mass is 313 g/mol. The summed E-state index contributed by atoms with van der Waals surface area (Å²) >= 11 is 5.85. The van der Waals surface area contributed by atoms with Crippen LogP contribution in [0.1, 0.15) is 5.56 Å². The molecule has 1 fully saturated rings.